The van der Waals surface area contributed by atoms with E-state index < -0.39 is 0 Å². The van der Waals surface area contributed by atoms with Crippen molar-refractivity contribution in [2.24, 2.45) is 10.9 Å². The maximum atomic E-state index is 5.85. The van der Waals surface area contributed by atoms with E-state index in [1.165, 1.54) is 11.9 Å². The van der Waals surface area contributed by atoms with Crippen LogP contribution in [0, 0.1) is 5.92 Å². The lowest BCUT2D eigenvalue weighted by Gasteiger charge is -2.10. The van der Waals surface area contributed by atoms with Gasteiger partial charge in [-0.05, 0) is 23.1 Å². The summed E-state index contributed by atoms with van der Waals surface area (Å²) in [4.78, 5) is 12.2. The molecule has 0 radical (unpaired) electrons. The minimum atomic E-state index is 0.412. The van der Waals surface area contributed by atoms with Gasteiger partial charge in [0, 0.05) is 26.2 Å². The number of hydrogen-bond donors (Lipinski definition) is 2. The van der Waals surface area contributed by atoms with Gasteiger partial charge in [-0.25, -0.2) is 9.97 Å². The number of benzene rings is 1. The number of nitrogens with zero attached hydrogens (tertiary/aromatic N) is 3. The summed E-state index contributed by atoms with van der Waals surface area (Å²) in [6.07, 6.45) is 4.09. The van der Waals surface area contributed by atoms with Crippen molar-refractivity contribution in [3.8, 4) is 5.75 Å². The second kappa shape index (κ2) is 9.01. The molecule has 1 aliphatic rings. The van der Waals surface area contributed by atoms with Crippen LogP contribution < -0.4 is 15.8 Å². The molecule has 134 valence electrons. The van der Waals surface area contributed by atoms with Crippen LogP contribution >= 0.6 is 0 Å². The molecule has 0 aliphatic carbocycles. The first-order valence-corrected chi connectivity index (χ1v) is 8.52. The molecule has 0 amide bonds. The monoisotopic (exact) mass is 341 g/mol. The number of aromatic nitrogens is 2. The largest absolute Gasteiger partial charge is 0.493 e. The molecule has 0 spiro atoms. The fourth-order valence-corrected chi connectivity index (χ4v) is 2.31. The van der Waals surface area contributed by atoms with Crippen molar-refractivity contribution in [2.75, 3.05) is 24.7 Å². The summed E-state index contributed by atoms with van der Waals surface area (Å²) in [5.41, 5.74) is 8.95. The number of aliphatic imine (C=N–C) groups is 1. The van der Waals surface area contributed by atoms with Crippen LogP contribution in [-0.4, -0.2) is 29.8 Å². The molecule has 3 rings (SSSR count). The molecular formula is C19H27N5O. The van der Waals surface area contributed by atoms with Gasteiger partial charge in [-0.15, -0.1) is 0 Å². The summed E-state index contributed by atoms with van der Waals surface area (Å²) in [6, 6.07) is 6.27. The van der Waals surface area contributed by atoms with E-state index in [0.29, 0.717) is 23.7 Å². The lowest BCUT2D eigenvalue weighted by Crippen LogP contribution is -2.08. The van der Waals surface area contributed by atoms with E-state index in [9.17, 15) is 0 Å². The van der Waals surface area contributed by atoms with Gasteiger partial charge in [0.15, 0.2) is 0 Å². The molecule has 0 unspecified atom stereocenters. The molecule has 2 aromatic rings. The smallest absolute Gasteiger partial charge is 0.140 e. The van der Waals surface area contributed by atoms with E-state index in [2.05, 4.69) is 59.2 Å². The van der Waals surface area contributed by atoms with Crippen LogP contribution in [0.15, 0.2) is 29.5 Å². The average molecular weight is 341 g/mol. The maximum Gasteiger partial charge on any atom is 0.140 e. The van der Waals surface area contributed by atoms with E-state index in [1.807, 2.05) is 0 Å². The highest BCUT2D eigenvalue weighted by Gasteiger charge is 2.12. The molecule has 0 fully saturated rings. The molecule has 1 aromatic heterocycles. The quantitative estimate of drug-likeness (QED) is 0.833. The first kappa shape index (κ1) is 18.7. The third-order valence-electron chi connectivity index (χ3n) is 3.39. The van der Waals surface area contributed by atoms with Gasteiger partial charge in [-0.2, -0.15) is 0 Å². The summed E-state index contributed by atoms with van der Waals surface area (Å²) in [5.74, 6) is 2.90. The third kappa shape index (κ3) is 5.45. The number of nitrogens with one attached hydrogen (secondary N) is 1. The fraction of sp³-hybridized carbons (Fsp3) is 0.421. The Kier molecular flexibility index (Phi) is 6.74. The fourth-order valence-electron chi connectivity index (χ4n) is 2.31. The van der Waals surface area contributed by atoms with Gasteiger partial charge >= 0.3 is 0 Å². The predicted octanol–water partition coefficient (Wildman–Crippen LogP) is 3.32. The van der Waals surface area contributed by atoms with E-state index in [1.54, 1.807) is 13.3 Å². The Morgan fingerprint density at radius 1 is 1.32 bits per heavy atom. The molecule has 6 heteroatoms. The second-order valence-corrected chi connectivity index (χ2v) is 6.53. The van der Waals surface area contributed by atoms with Crippen LogP contribution in [-0.2, 0) is 13.0 Å². The first-order valence-electron chi connectivity index (χ1n) is 8.52. The number of fused-ring (bicyclic) bond motifs is 1. The molecule has 0 saturated carbocycles. The van der Waals surface area contributed by atoms with Gasteiger partial charge in [0.05, 0.1) is 12.2 Å². The number of rotatable bonds is 4. The van der Waals surface area contributed by atoms with Crippen molar-refractivity contribution in [2.45, 2.75) is 33.7 Å². The maximum absolute atomic E-state index is 5.85. The molecular weight excluding hydrogens is 314 g/mol. The summed E-state index contributed by atoms with van der Waals surface area (Å²) in [5, 5.41) is 3.27. The molecule has 1 aliphatic heterocycles. The van der Waals surface area contributed by atoms with E-state index in [0.717, 1.165) is 30.3 Å². The van der Waals surface area contributed by atoms with Gasteiger partial charge in [0.2, 0.25) is 0 Å². The zero-order valence-electron chi connectivity index (χ0n) is 15.4. The number of nitrogens with two attached hydrogens (primary N) is 1. The van der Waals surface area contributed by atoms with Crippen LogP contribution in [0.3, 0.4) is 0 Å². The second-order valence-electron chi connectivity index (χ2n) is 6.53. The van der Waals surface area contributed by atoms with Gasteiger partial charge in [-0.3, -0.25) is 4.99 Å². The van der Waals surface area contributed by atoms with Crippen LogP contribution in [0.25, 0.3) is 0 Å². The Morgan fingerprint density at radius 3 is 2.80 bits per heavy atom. The van der Waals surface area contributed by atoms with Crippen molar-refractivity contribution in [3.63, 3.8) is 0 Å². The lowest BCUT2D eigenvalue weighted by molar-refractivity contribution is 0.356. The lowest BCUT2D eigenvalue weighted by atomic mass is 10.1. The van der Waals surface area contributed by atoms with E-state index in [4.69, 9.17) is 10.5 Å². The molecule has 3 N–H and O–H groups in total. The summed E-state index contributed by atoms with van der Waals surface area (Å²) in [6.45, 7) is 7.91. The molecule has 6 nitrogen and oxygen atoms in total. The highest BCUT2D eigenvalue weighted by Crippen LogP contribution is 2.26. The number of anilines is 2. The first-order chi connectivity index (χ1) is 12.0. The topological polar surface area (TPSA) is 85.4 Å². The summed E-state index contributed by atoms with van der Waals surface area (Å²) in [7, 11) is 1.69. The Bertz CT molecular complexity index is 725. The minimum absolute atomic E-state index is 0.412. The standard InChI is InChI=1S/C15H17N5O.C4H10/c1-17-8-12-14(16)19-9-20-15(12)18-7-10-2-3-11-4-5-21-13(11)6-10;1-4(2)3/h2-3,6,8-9H,4-5,7H2,1H3,(H3,16,18,19,20);4H,1-3H3. The van der Waals surface area contributed by atoms with Crippen molar-refractivity contribution < 1.29 is 4.74 Å². The summed E-state index contributed by atoms with van der Waals surface area (Å²) < 4.78 is 5.58. The van der Waals surface area contributed by atoms with E-state index >= 15 is 0 Å². The van der Waals surface area contributed by atoms with Crippen LogP contribution in [0.2, 0.25) is 0 Å². The Morgan fingerprint density at radius 2 is 2.08 bits per heavy atom. The molecule has 0 saturated heterocycles. The van der Waals surface area contributed by atoms with Gasteiger partial charge in [0.1, 0.15) is 23.7 Å². The Balaban J connectivity index is 0.000000511. The van der Waals surface area contributed by atoms with Gasteiger partial charge in [0.25, 0.3) is 0 Å². The van der Waals surface area contributed by atoms with E-state index in [-0.39, 0.29) is 0 Å². The molecule has 1 aromatic carbocycles. The van der Waals surface area contributed by atoms with Crippen molar-refractivity contribution >= 4 is 17.9 Å². The molecule has 2 heterocycles. The third-order valence-corrected chi connectivity index (χ3v) is 3.39. The van der Waals surface area contributed by atoms with Crippen LogP contribution in [0.5, 0.6) is 5.75 Å². The van der Waals surface area contributed by atoms with Crippen LogP contribution in [0.1, 0.15) is 37.5 Å². The zero-order valence-corrected chi connectivity index (χ0v) is 15.4. The Labute approximate surface area is 149 Å². The molecule has 0 atom stereocenters. The van der Waals surface area contributed by atoms with Crippen molar-refractivity contribution in [1.29, 1.82) is 0 Å². The van der Waals surface area contributed by atoms with Gasteiger partial charge < -0.3 is 15.8 Å². The number of hydrogen-bond acceptors (Lipinski definition) is 6. The number of nitrogen functional groups attached to an aromatic ring is 1. The number of ether oxygens (including phenoxy) is 1. The highest BCUT2D eigenvalue weighted by molar-refractivity contribution is 5.91. The summed E-state index contributed by atoms with van der Waals surface area (Å²) >= 11 is 0. The van der Waals surface area contributed by atoms with Crippen molar-refractivity contribution in [1.82, 2.24) is 9.97 Å². The van der Waals surface area contributed by atoms with Gasteiger partial charge in [-0.1, -0.05) is 32.9 Å². The zero-order chi connectivity index (χ0) is 18.2. The van der Waals surface area contributed by atoms with Crippen LogP contribution in [0.4, 0.5) is 11.6 Å². The minimum Gasteiger partial charge on any atom is -0.493 e. The predicted molar refractivity (Wildman–Crippen MR) is 103 cm³/mol. The average Bonchev–Trinajstić information content (AvgIpc) is 3.02. The normalized spacial score (nSPS) is 12.5. The van der Waals surface area contributed by atoms with Crippen molar-refractivity contribution in [3.05, 3.63) is 41.2 Å². The highest BCUT2D eigenvalue weighted by atomic mass is 16.5. The molecule has 25 heavy (non-hydrogen) atoms. The molecule has 0 bridgehead atoms. The Hall–Kier alpha value is -2.63. The SMILES string of the molecule is CC(C)C.CN=Cc1c(N)ncnc1NCc1ccc2c(c1)OCC2.